The zero-order valence-electron chi connectivity index (χ0n) is 10.6. The van der Waals surface area contributed by atoms with Gasteiger partial charge >= 0.3 is 0 Å². The fourth-order valence-electron chi connectivity index (χ4n) is 2.09. The molecule has 2 nitrogen and oxygen atoms in total. The van der Waals surface area contributed by atoms with Crippen LogP contribution in [0.3, 0.4) is 0 Å². The molecule has 0 saturated heterocycles. The van der Waals surface area contributed by atoms with Crippen LogP contribution in [0, 0.1) is 6.92 Å². The van der Waals surface area contributed by atoms with Crippen LogP contribution in [0.2, 0.25) is 0 Å². The maximum Gasteiger partial charge on any atom is 0.0626 e. The summed E-state index contributed by atoms with van der Waals surface area (Å²) in [5, 5.41) is 12.9. The number of benzene rings is 2. The Morgan fingerprint density at radius 2 is 1.67 bits per heavy atom. The van der Waals surface area contributed by atoms with E-state index >= 15 is 0 Å². The molecule has 1 unspecified atom stereocenters. The Bertz CT molecular complexity index is 481. The lowest BCUT2D eigenvalue weighted by molar-refractivity contribution is 0.243. The van der Waals surface area contributed by atoms with Crippen molar-refractivity contribution < 1.29 is 5.11 Å². The van der Waals surface area contributed by atoms with Gasteiger partial charge in [0.2, 0.25) is 0 Å². The van der Waals surface area contributed by atoms with E-state index in [0.29, 0.717) is 0 Å². The second-order valence-corrected chi connectivity index (χ2v) is 4.46. The Hall–Kier alpha value is -1.64. The van der Waals surface area contributed by atoms with Gasteiger partial charge in [0.05, 0.1) is 12.6 Å². The summed E-state index contributed by atoms with van der Waals surface area (Å²) in [4.78, 5) is 0. The third kappa shape index (κ3) is 3.19. The molecule has 18 heavy (non-hydrogen) atoms. The van der Waals surface area contributed by atoms with Crippen molar-refractivity contribution in [3.63, 3.8) is 0 Å². The third-order valence-corrected chi connectivity index (χ3v) is 3.14. The highest BCUT2D eigenvalue weighted by atomic mass is 16.3. The van der Waals surface area contributed by atoms with Gasteiger partial charge in [0.1, 0.15) is 0 Å². The Balaban J connectivity index is 2.04. The van der Waals surface area contributed by atoms with Gasteiger partial charge in [-0.3, -0.25) is 0 Å². The molecule has 94 valence electrons. The molecular weight excluding hydrogens is 222 g/mol. The molecule has 0 aliphatic heterocycles. The summed E-state index contributed by atoms with van der Waals surface area (Å²) in [5.74, 6) is 0. The minimum absolute atomic E-state index is 0.00796. The lowest BCUT2D eigenvalue weighted by atomic mass is 10.0. The minimum Gasteiger partial charge on any atom is -0.394 e. The monoisotopic (exact) mass is 241 g/mol. The highest BCUT2D eigenvalue weighted by Crippen LogP contribution is 2.17. The lowest BCUT2D eigenvalue weighted by Crippen LogP contribution is -2.24. The van der Waals surface area contributed by atoms with Gasteiger partial charge in [0, 0.05) is 6.54 Å². The Labute approximate surface area is 108 Å². The second-order valence-electron chi connectivity index (χ2n) is 4.46. The third-order valence-electron chi connectivity index (χ3n) is 3.14. The summed E-state index contributed by atoms with van der Waals surface area (Å²) < 4.78 is 0. The summed E-state index contributed by atoms with van der Waals surface area (Å²) >= 11 is 0. The molecule has 2 rings (SSSR count). The molecule has 0 radical (unpaired) electrons. The average molecular weight is 241 g/mol. The maximum atomic E-state index is 9.52. The summed E-state index contributed by atoms with van der Waals surface area (Å²) in [6.45, 7) is 2.94. The molecule has 0 fully saturated rings. The summed E-state index contributed by atoms with van der Waals surface area (Å²) in [6, 6.07) is 18.4. The number of hydrogen-bond donors (Lipinski definition) is 2. The molecule has 2 aromatic rings. The first-order valence-electron chi connectivity index (χ1n) is 6.25. The van der Waals surface area contributed by atoms with Crippen molar-refractivity contribution >= 4 is 0 Å². The van der Waals surface area contributed by atoms with Gasteiger partial charge in [-0.2, -0.15) is 0 Å². The van der Waals surface area contributed by atoms with Gasteiger partial charge < -0.3 is 10.4 Å². The smallest absolute Gasteiger partial charge is 0.0626 e. The van der Waals surface area contributed by atoms with Crippen LogP contribution in [-0.2, 0) is 6.54 Å². The Morgan fingerprint density at radius 3 is 2.33 bits per heavy atom. The van der Waals surface area contributed by atoms with Crippen molar-refractivity contribution in [2.45, 2.75) is 19.5 Å². The molecule has 2 N–H and O–H groups in total. The number of hydrogen-bond acceptors (Lipinski definition) is 2. The maximum absolute atomic E-state index is 9.52. The van der Waals surface area contributed by atoms with Crippen molar-refractivity contribution in [1.82, 2.24) is 5.32 Å². The van der Waals surface area contributed by atoms with Crippen LogP contribution in [0.25, 0.3) is 0 Å². The molecule has 0 saturated carbocycles. The first kappa shape index (κ1) is 12.8. The van der Waals surface area contributed by atoms with Crippen LogP contribution in [0.15, 0.2) is 54.6 Å². The molecule has 0 bridgehead atoms. The first-order valence-corrected chi connectivity index (χ1v) is 6.25. The Kier molecular flexibility index (Phi) is 4.51. The van der Waals surface area contributed by atoms with Crippen LogP contribution in [0.1, 0.15) is 22.7 Å². The molecule has 0 heterocycles. The highest BCUT2D eigenvalue weighted by Gasteiger charge is 2.11. The molecular formula is C16H19NO. The summed E-state index contributed by atoms with van der Waals surface area (Å²) in [5.41, 5.74) is 3.59. The van der Waals surface area contributed by atoms with Crippen molar-refractivity contribution in [1.29, 1.82) is 0 Å². The molecule has 0 aliphatic rings. The van der Waals surface area contributed by atoms with Crippen LogP contribution < -0.4 is 5.32 Å². The fraction of sp³-hybridized carbons (Fsp3) is 0.250. The van der Waals surface area contributed by atoms with E-state index in [1.807, 2.05) is 30.3 Å². The van der Waals surface area contributed by atoms with Gasteiger partial charge in [-0.1, -0.05) is 54.6 Å². The number of aliphatic hydroxyl groups excluding tert-OH is 1. The molecule has 0 aliphatic carbocycles. The van der Waals surface area contributed by atoms with Crippen LogP contribution in [0.4, 0.5) is 0 Å². The Morgan fingerprint density at radius 1 is 1.00 bits per heavy atom. The number of aliphatic hydroxyl groups is 1. The van der Waals surface area contributed by atoms with E-state index in [-0.39, 0.29) is 12.6 Å². The predicted molar refractivity (Wildman–Crippen MR) is 74.3 cm³/mol. The predicted octanol–water partition coefficient (Wildman–Crippen LogP) is 2.82. The second kappa shape index (κ2) is 6.34. The molecule has 2 heteroatoms. The highest BCUT2D eigenvalue weighted by molar-refractivity contribution is 5.29. The summed E-state index contributed by atoms with van der Waals surface area (Å²) in [6.07, 6.45) is 0. The number of rotatable bonds is 5. The van der Waals surface area contributed by atoms with Crippen molar-refractivity contribution in [3.8, 4) is 0 Å². The molecule has 2 aromatic carbocycles. The van der Waals surface area contributed by atoms with E-state index in [4.69, 9.17) is 0 Å². The van der Waals surface area contributed by atoms with Crippen molar-refractivity contribution in [3.05, 3.63) is 71.3 Å². The van der Waals surface area contributed by atoms with Gasteiger partial charge in [-0.25, -0.2) is 0 Å². The van der Waals surface area contributed by atoms with Gasteiger partial charge in [-0.05, 0) is 23.6 Å². The van der Waals surface area contributed by atoms with E-state index in [9.17, 15) is 5.11 Å². The SMILES string of the molecule is Cc1ccccc1C(CO)NCc1ccccc1. The quantitative estimate of drug-likeness (QED) is 0.843. The molecule has 0 amide bonds. The van der Waals surface area contributed by atoms with Gasteiger partial charge in [0.15, 0.2) is 0 Å². The molecule has 0 aromatic heterocycles. The van der Waals surface area contributed by atoms with Gasteiger partial charge in [0.25, 0.3) is 0 Å². The average Bonchev–Trinajstić information content (AvgIpc) is 2.42. The standard InChI is InChI=1S/C16H19NO/c1-13-7-5-6-10-15(13)16(12-18)17-11-14-8-3-2-4-9-14/h2-10,16-18H,11-12H2,1H3. The number of nitrogens with one attached hydrogen (secondary N) is 1. The lowest BCUT2D eigenvalue weighted by Gasteiger charge is -2.18. The van der Waals surface area contributed by atoms with E-state index in [2.05, 4.69) is 36.5 Å². The zero-order valence-corrected chi connectivity index (χ0v) is 10.6. The zero-order chi connectivity index (χ0) is 12.8. The fourth-order valence-corrected chi connectivity index (χ4v) is 2.09. The largest absolute Gasteiger partial charge is 0.394 e. The summed E-state index contributed by atoms with van der Waals surface area (Å²) in [7, 11) is 0. The van der Waals surface area contributed by atoms with E-state index in [1.165, 1.54) is 11.1 Å². The molecule has 1 atom stereocenters. The first-order chi connectivity index (χ1) is 8.81. The molecule has 0 spiro atoms. The van der Waals surface area contributed by atoms with Crippen molar-refractivity contribution in [2.75, 3.05) is 6.61 Å². The normalized spacial score (nSPS) is 12.3. The topological polar surface area (TPSA) is 32.3 Å². The van der Waals surface area contributed by atoms with E-state index < -0.39 is 0 Å². The number of aryl methyl sites for hydroxylation is 1. The van der Waals surface area contributed by atoms with Crippen LogP contribution >= 0.6 is 0 Å². The van der Waals surface area contributed by atoms with E-state index in [0.717, 1.165) is 12.1 Å². The van der Waals surface area contributed by atoms with Crippen LogP contribution in [0.5, 0.6) is 0 Å². The minimum atomic E-state index is -0.00796. The van der Waals surface area contributed by atoms with Gasteiger partial charge in [-0.15, -0.1) is 0 Å². The van der Waals surface area contributed by atoms with Crippen LogP contribution in [-0.4, -0.2) is 11.7 Å². The van der Waals surface area contributed by atoms with E-state index in [1.54, 1.807) is 0 Å². The van der Waals surface area contributed by atoms with Crippen molar-refractivity contribution in [2.24, 2.45) is 0 Å².